The first kappa shape index (κ1) is 14.7. The number of fused-ring (bicyclic) bond motifs is 1. The number of nitrogens with zero attached hydrogens (tertiary/aromatic N) is 1. The monoisotopic (exact) mass is 302 g/mol. The van der Waals surface area contributed by atoms with E-state index in [4.69, 9.17) is 0 Å². The van der Waals surface area contributed by atoms with E-state index in [2.05, 4.69) is 11.1 Å². The Balaban J connectivity index is 1.93. The number of aromatic amines is 1. The van der Waals surface area contributed by atoms with Crippen LogP contribution in [0, 0.1) is 11.3 Å². The van der Waals surface area contributed by atoms with Crippen LogP contribution in [0.1, 0.15) is 68.1 Å². The van der Waals surface area contributed by atoms with Gasteiger partial charge in [-0.15, -0.1) is 11.8 Å². The Bertz CT molecular complexity index is 606. The smallest absolute Gasteiger partial charge is 0.267 e. The number of nitriles is 1. The quantitative estimate of drug-likeness (QED) is 0.842. The largest absolute Gasteiger partial charge is 0.316 e. The minimum absolute atomic E-state index is 0.186. The number of rotatable bonds is 2. The lowest BCUT2D eigenvalue weighted by atomic mass is 9.90. The second-order valence-corrected chi connectivity index (χ2v) is 7.48. The first-order valence-electron chi connectivity index (χ1n) is 8.14. The fourth-order valence-electron chi connectivity index (χ4n) is 3.56. The first-order chi connectivity index (χ1) is 10.3. The summed E-state index contributed by atoms with van der Waals surface area (Å²) in [4.78, 5) is 15.2. The van der Waals surface area contributed by atoms with Crippen LogP contribution < -0.4 is 5.56 Å². The number of nitrogens with one attached hydrogen (secondary N) is 1. The van der Waals surface area contributed by atoms with E-state index in [1.54, 1.807) is 0 Å². The molecule has 1 N–H and O–H groups in total. The Kier molecular flexibility index (Phi) is 4.70. The third-order valence-electron chi connectivity index (χ3n) is 4.70. The minimum Gasteiger partial charge on any atom is -0.316 e. The van der Waals surface area contributed by atoms with Crippen LogP contribution in [0.3, 0.4) is 0 Å². The van der Waals surface area contributed by atoms with E-state index in [9.17, 15) is 10.1 Å². The number of H-pyrrole nitrogens is 1. The van der Waals surface area contributed by atoms with Crippen LogP contribution in [0.25, 0.3) is 0 Å². The van der Waals surface area contributed by atoms with E-state index in [0.29, 0.717) is 10.8 Å². The molecule has 1 aromatic heterocycles. The molecule has 0 amide bonds. The predicted molar refractivity (Wildman–Crippen MR) is 85.8 cm³/mol. The molecule has 2 aliphatic rings. The zero-order valence-electron chi connectivity index (χ0n) is 12.4. The molecule has 0 unspecified atom stereocenters. The fraction of sp³-hybridized carbons (Fsp3) is 0.647. The highest BCUT2D eigenvalue weighted by molar-refractivity contribution is 7.99. The summed E-state index contributed by atoms with van der Waals surface area (Å²) >= 11 is 1.86. The lowest BCUT2D eigenvalue weighted by Crippen LogP contribution is -2.20. The van der Waals surface area contributed by atoms with Crippen molar-refractivity contribution in [1.29, 1.82) is 5.26 Å². The average molecular weight is 302 g/mol. The SMILES string of the molecule is N#Cc1c2c(c(SC3CCCCCC3)[nH]c1=O)CCCC2. The number of aromatic nitrogens is 1. The van der Waals surface area contributed by atoms with Gasteiger partial charge in [0.25, 0.3) is 5.56 Å². The van der Waals surface area contributed by atoms with Gasteiger partial charge < -0.3 is 4.98 Å². The van der Waals surface area contributed by atoms with Gasteiger partial charge in [0.05, 0.1) is 5.03 Å². The van der Waals surface area contributed by atoms with Crippen molar-refractivity contribution in [2.75, 3.05) is 0 Å². The van der Waals surface area contributed by atoms with E-state index in [0.717, 1.165) is 29.9 Å². The second-order valence-electron chi connectivity index (χ2n) is 6.17. The summed E-state index contributed by atoms with van der Waals surface area (Å²) in [6.07, 6.45) is 12.0. The lowest BCUT2D eigenvalue weighted by molar-refractivity contribution is 0.660. The molecule has 1 aromatic rings. The maximum Gasteiger partial charge on any atom is 0.267 e. The summed E-state index contributed by atoms with van der Waals surface area (Å²) in [6.45, 7) is 0. The van der Waals surface area contributed by atoms with Gasteiger partial charge in [0, 0.05) is 5.25 Å². The van der Waals surface area contributed by atoms with Crippen LogP contribution in [0.5, 0.6) is 0 Å². The van der Waals surface area contributed by atoms with Crippen LogP contribution >= 0.6 is 11.8 Å². The van der Waals surface area contributed by atoms with Crippen molar-refractivity contribution in [3.8, 4) is 6.07 Å². The molecule has 21 heavy (non-hydrogen) atoms. The Morgan fingerprint density at radius 2 is 1.67 bits per heavy atom. The van der Waals surface area contributed by atoms with Crippen LogP contribution in [0.2, 0.25) is 0 Å². The maximum atomic E-state index is 12.2. The molecular weight excluding hydrogens is 280 g/mol. The van der Waals surface area contributed by atoms with Crippen LogP contribution in [-0.4, -0.2) is 10.2 Å². The van der Waals surface area contributed by atoms with Gasteiger partial charge in [-0.3, -0.25) is 4.79 Å². The molecule has 0 spiro atoms. The highest BCUT2D eigenvalue weighted by atomic mass is 32.2. The van der Waals surface area contributed by atoms with Gasteiger partial charge in [-0.1, -0.05) is 25.7 Å². The van der Waals surface area contributed by atoms with Crippen molar-refractivity contribution < 1.29 is 0 Å². The molecule has 2 aliphatic carbocycles. The van der Waals surface area contributed by atoms with E-state index >= 15 is 0 Å². The van der Waals surface area contributed by atoms with Crippen molar-refractivity contribution in [2.24, 2.45) is 0 Å². The Morgan fingerprint density at radius 1 is 1.00 bits per heavy atom. The predicted octanol–water partition coefficient (Wildman–Crippen LogP) is 3.94. The van der Waals surface area contributed by atoms with Gasteiger partial charge >= 0.3 is 0 Å². The molecule has 0 atom stereocenters. The minimum atomic E-state index is -0.186. The molecule has 1 heterocycles. The second kappa shape index (κ2) is 6.70. The molecule has 1 fully saturated rings. The highest BCUT2D eigenvalue weighted by Crippen LogP contribution is 2.36. The summed E-state index contributed by atoms with van der Waals surface area (Å²) in [5, 5.41) is 10.9. The van der Waals surface area contributed by atoms with E-state index in [-0.39, 0.29) is 5.56 Å². The summed E-state index contributed by atoms with van der Waals surface area (Å²) in [6, 6.07) is 2.11. The highest BCUT2D eigenvalue weighted by Gasteiger charge is 2.23. The molecule has 0 saturated heterocycles. The first-order valence-corrected chi connectivity index (χ1v) is 9.02. The van der Waals surface area contributed by atoms with Gasteiger partial charge in [0.15, 0.2) is 0 Å². The van der Waals surface area contributed by atoms with Gasteiger partial charge in [-0.05, 0) is 49.7 Å². The Morgan fingerprint density at radius 3 is 2.33 bits per heavy atom. The van der Waals surface area contributed by atoms with Crippen molar-refractivity contribution >= 4 is 11.8 Å². The standard InChI is InChI=1S/C17H22N2OS/c18-11-15-13-9-5-6-10-14(13)17(19-16(15)20)21-12-7-3-1-2-4-8-12/h12H,1-10H2,(H,19,20). The molecule has 0 aromatic carbocycles. The normalized spacial score (nSPS) is 19.6. The summed E-state index contributed by atoms with van der Waals surface area (Å²) in [5.41, 5.74) is 2.46. The van der Waals surface area contributed by atoms with Gasteiger partial charge in [-0.2, -0.15) is 5.26 Å². The summed E-state index contributed by atoms with van der Waals surface area (Å²) in [5.74, 6) is 0. The van der Waals surface area contributed by atoms with Gasteiger partial charge in [-0.25, -0.2) is 0 Å². The van der Waals surface area contributed by atoms with Crippen LogP contribution in [0.4, 0.5) is 0 Å². The van der Waals surface area contributed by atoms with Crippen molar-refractivity contribution in [1.82, 2.24) is 4.98 Å². The molecular formula is C17H22N2OS. The molecule has 3 nitrogen and oxygen atoms in total. The molecule has 0 radical (unpaired) electrons. The van der Waals surface area contributed by atoms with E-state index in [1.165, 1.54) is 50.5 Å². The number of thioether (sulfide) groups is 1. The topological polar surface area (TPSA) is 56.6 Å². The third kappa shape index (κ3) is 3.18. The third-order valence-corrected chi connectivity index (χ3v) is 6.09. The Labute approximate surface area is 130 Å². The van der Waals surface area contributed by atoms with E-state index < -0.39 is 0 Å². The average Bonchev–Trinajstić information content (AvgIpc) is 2.76. The Hall–Kier alpha value is -1.21. The zero-order valence-corrected chi connectivity index (χ0v) is 13.2. The zero-order chi connectivity index (χ0) is 14.7. The van der Waals surface area contributed by atoms with E-state index in [1.807, 2.05) is 11.8 Å². The molecule has 3 rings (SSSR count). The van der Waals surface area contributed by atoms with Crippen LogP contribution in [-0.2, 0) is 12.8 Å². The van der Waals surface area contributed by atoms with Gasteiger partial charge in [0.2, 0.25) is 0 Å². The molecule has 1 saturated carbocycles. The van der Waals surface area contributed by atoms with Gasteiger partial charge in [0.1, 0.15) is 11.6 Å². The van der Waals surface area contributed by atoms with Crippen molar-refractivity contribution in [2.45, 2.75) is 74.5 Å². The number of hydrogen-bond donors (Lipinski definition) is 1. The lowest BCUT2D eigenvalue weighted by Gasteiger charge is -2.22. The molecule has 4 heteroatoms. The summed E-state index contributed by atoms with van der Waals surface area (Å²) < 4.78 is 0. The van der Waals surface area contributed by atoms with Crippen molar-refractivity contribution in [3.63, 3.8) is 0 Å². The maximum absolute atomic E-state index is 12.2. The molecule has 0 aliphatic heterocycles. The molecule has 112 valence electrons. The number of hydrogen-bond acceptors (Lipinski definition) is 3. The number of pyridine rings is 1. The fourth-order valence-corrected chi connectivity index (χ4v) is 4.98. The summed E-state index contributed by atoms with van der Waals surface area (Å²) in [7, 11) is 0. The van der Waals surface area contributed by atoms with Crippen molar-refractivity contribution in [3.05, 3.63) is 27.0 Å². The van der Waals surface area contributed by atoms with Crippen LogP contribution in [0.15, 0.2) is 9.82 Å². The molecule has 0 bridgehead atoms.